The summed E-state index contributed by atoms with van der Waals surface area (Å²) in [6.45, 7) is 0.824. The average molecular weight is 360 g/mol. The van der Waals surface area contributed by atoms with Gasteiger partial charge in [-0.15, -0.1) is 0 Å². The highest BCUT2D eigenvalue weighted by Gasteiger charge is 2.25. The number of fused-ring (bicyclic) bond motifs is 3. The summed E-state index contributed by atoms with van der Waals surface area (Å²) in [5, 5.41) is 3.97. The number of hydrogen-bond acceptors (Lipinski definition) is 4. The highest BCUT2D eigenvalue weighted by molar-refractivity contribution is 6.07. The van der Waals surface area contributed by atoms with Crippen LogP contribution in [-0.4, -0.2) is 30.1 Å². The van der Waals surface area contributed by atoms with E-state index in [1.54, 1.807) is 0 Å². The SMILES string of the molecule is O=C(NC[C@@H]1COc2ccccc2O1)c1c2c(nc3ccccc13)CCC2. The number of nitrogens with zero attached hydrogens (tertiary/aromatic N) is 1. The predicted octanol–water partition coefficient (Wildman–Crippen LogP) is 3.29. The molecule has 2 aromatic carbocycles. The van der Waals surface area contributed by atoms with Crippen LogP contribution in [0.5, 0.6) is 11.5 Å². The van der Waals surface area contributed by atoms with Crippen LogP contribution in [-0.2, 0) is 12.8 Å². The Kier molecular flexibility index (Phi) is 3.93. The lowest BCUT2D eigenvalue weighted by molar-refractivity contribution is 0.0789. The lowest BCUT2D eigenvalue weighted by Crippen LogP contribution is -2.41. The molecule has 27 heavy (non-hydrogen) atoms. The molecule has 0 fully saturated rings. The summed E-state index contributed by atoms with van der Waals surface area (Å²) in [7, 11) is 0. The minimum atomic E-state index is -0.204. The van der Waals surface area contributed by atoms with Gasteiger partial charge < -0.3 is 14.8 Å². The molecule has 136 valence electrons. The van der Waals surface area contributed by atoms with E-state index in [9.17, 15) is 4.79 Å². The Morgan fingerprint density at radius 1 is 1.07 bits per heavy atom. The molecule has 0 saturated carbocycles. The van der Waals surface area contributed by atoms with Crippen LogP contribution in [0.4, 0.5) is 0 Å². The third kappa shape index (κ3) is 2.89. The maximum atomic E-state index is 13.1. The van der Waals surface area contributed by atoms with Gasteiger partial charge in [0.2, 0.25) is 0 Å². The third-order valence-corrected chi connectivity index (χ3v) is 5.20. The number of aryl methyl sites for hydroxylation is 1. The van der Waals surface area contributed by atoms with Crippen molar-refractivity contribution in [2.24, 2.45) is 0 Å². The van der Waals surface area contributed by atoms with E-state index in [2.05, 4.69) is 5.32 Å². The Morgan fingerprint density at radius 3 is 2.81 bits per heavy atom. The van der Waals surface area contributed by atoms with Crippen LogP contribution in [0.2, 0.25) is 0 Å². The first kappa shape index (κ1) is 16.1. The summed E-state index contributed by atoms with van der Waals surface area (Å²) < 4.78 is 11.7. The normalized spacial score (nSPS) is 17.6. The van der Waals surface area contributed by atoms with Crippen molar-refractivity contribution < 1.29 is 14.3 Å². The fraction of sp³-hybridized carbons (Fsp3) is 0.273. The number of pyridine rings is 1. The van der Waals surface area contributed by atoms with E-state index in [1.165, 1.54) is 0 Å². The van der Waals surface area contributed by atoms with Gasteiger partial charge in [-0.2, -0.15) is 0 Å². The first-order valence-corrected chi connectivity index (χ1v) is 9.37. The van der Waals surface area contributed by atoms with E-state index in [0.29, 0.717) is 13.2 Å². The van der Waals surface area contributed by atoms with Gasteiger partial charge in [-0.3, -0.25) is 9.78 Å². The molecule has 0 bridgehead atoms. The smallest absolute Gasteiger partial charge is 0.252 e. The van der Waals surface area contributed by atoms with Gasteiger partial charge in [0.1, 0.15) is 12.7 Å². The van der Waals surface area contributed by atoms with Crippen LogP contribution >= 0.6 is 0 Å². The number of carbonyl (C=O) groups excluding carboxylic acids is 1. The van der Waals surface area contributed by atoms with Gasteiger partial charge in [0.05, 0.1) is 17.6 Å². The minimum Gasteiger partial charge on any atom is -0.486 e. The summed E-state index contributed by atoms with van der Waals surface area (Å²) in [5.41, 5.74) is 3.81. The first-order valence-electron chi connectivity index (χ1n) is 9.37. The molecule has 1 aliphatic heterocycles. The van der Waals surface area contributed by atoms with Gasteiger partial charge in [0.25, 0.3) is 5.91 Å². The molecule has 1 amide bonds. The van der Waals surface area contributed by atoms with Crippen molar-refractivity contribution in [1.82, 2.24) is 10.3 Å². The van der Waals surface area contributed by atoms with Gasteiger partial charge in [-0.1, -0.05) is 30.3 Å². The summed E-state index contributed by atoms with van der Waals surface area (Å²) in [4.78, 5) is 17.8. The number of hydrogen-bond donors (Lipinski definition) is 1. The summed E-state index contributed by atoms with van der Waals surface area (Å²) >= 11 is 0. The lowest BCUT2D eigenvalue weighted by Gasteiger charge is -2.26. The van der Waals surface area contributed by atoms with Crippen molar-refractivity contribution in [2.75, 3.05) is 13.2 Å². The van der Waals surface area contributed by atoms with Crippen LogP contribution in [0.1, 0.15) is 28.0 Å². The van der Waals surface area contributed by atoms with E-state index in [1.807, 2.05) is 48.5 Å². The Hall–Kier alpha value is -3.08. The Morgan fingerprint density at radius 2 is 1.89 bits per heavy atom. The fourth-order valence-electron chi connectivity index (χ4n) is 3.93. The Balaban J connectivity index is 1.38. The van der Waals surface area contributed by atoms with Crippen LogP contribution in [0.25, 0.3) is 10.9 Å². The van der Waals surface area contributed by atoms with E-state index in [4.69, 9.17) is 14.5 Å². The molecule has 0 spiro atoms. The summed E-state index contributed by atoms with van der Waals surface area (Å²) in [6, 6.07) is 15.5. The standard InChI is InChI=1S/C22H20N2O3/c25-22(23-12-14-13-26-19-10-3-4-11-20(19)27-14)21-15-6-1-2-8-17(15)24-18-9-5-7-16(18)21/h1-4,6,8,10-11,14H,5,7,9,12-13H2,(H,23,25)/t14-/m1/s1. The zero-order chi connectivity index (χ0) is 18.2. The maximum absolute atomic E-state index is 13.1. The number of rotatable bonds is 3. The average Bonchev–Trinajstić information content (AvgIpc) is 3.18. The molecule has 3 aromatic rings. The predicted molar refractivity (Wildman–Crippen MR) is 102 cm³/mol. The number of ether oxygens (including phenoxy) is 2. The first-order chi connectivity index (χ1) is 13.3. The van der Waals surface area contributed by atoms with Crippen LogP contribution < -0.4 is 14.8 Å². The van der Waals surface area contributed by atoms with Gasteiger partial charge in [-0.25, -0.2) is 0 Å². The van der Waals surface area contributed by atoms with Crippen molar-refractivity contribution in [3.63, 3.8) is 0 Å². The van der Waals surface area contributed by atoms with Crippen molar-refractivity contribution in [1.29, 1.82) is 0 Å². The molecule has 5 rings (SSSR count). The highest BCUT2D eigenvalue weighted by atomic mass is 16.6. The topological polar surface area (TPSA) is 60.5 Å². The molecule has 1 aliphatic carbocycles. The second-order valence-corrected chi connectivity index (χ2v) is 6.99. The van der Waals surface area contributed by atoms with Gasteiger partial charge in [-0.05, 0) is 43.0 Å². The second kappa shape index (κ2) is 6.58. The zero-order valence-electron chi connectivity index (χ0n) is 14.9. The summed E-state index contributed by atoms with van der Waals surface area (Å²) in [6.07, 6.45) is 2.70. The molecule has 2 heterocycles. The minimum absolute atomic E-state index is 0.0609. The van der Waals surface area contributed by atoms with E-state index >= 15 is 0 Å². The lowest BCUT2D eigenvalue weighted by atomic mass is 10.0. The Labute approximate surface area is 157 Å². The molecule has 1 atom stereocenters. The molecule has 5 nitrogen and oxygen atoms in total. The van der Waals surface area contributed by atoms with Gasteiger partial charge in [0, 0.05) is 11.1 Å². The molecular weight excluding hydrogens is 340 g/mol. The zero-order valence-corrected chi connectivity index (χ0v) is 14.9. The van der Waals surface area contributed by atoms with E-state index in [-0.39, 0.29) is 12.0 Å². The van der Waals surface area contributed by atoms with E-state index in [0.717, 1.165) is 58.5 Å². The molecule has 2 aliphatic rings. The number of para-hydroxylation sites is 3. The number of benzene rings is 2. The molecular formula is C22H20N2O3. The highest BCUT2D eigenvalue weighted by Crippen LogP contribution is 2.31. The monoisotopic (exact) mass is 360 g/mol. The molecule has 0 saturated heterocycles. The van der Waals surface area contributed by atoms with Crippen LogP contribution in [0.15, 0.2) is 48.5 Å². The molecule has 5 heteroatoms. The van der Waals surface area contributed by atoms with E-state index < -0.39 is 0 Å². The van der Waals surface area contributed by atoms with Crippen molar-refractivity contribution >= 4 is 16.8 Å². The number of aromatic nitrogens is 1. The number of amides is 1. The molecule has 1 N–H and O–H groups in total. The number of nitrogens with one attached hydrogen (secondary N) is 1. The summed E-state index contributed by atoms with van der Waals surface area (Å²) in [5.74, 6) is 1.41. The van der Waals surface area contributed by atoms with Crippen molar-refractivity contribution in [3.05, 3.63) is 65.4 Å². The maximum Gasteiger partial charge on any atom is 0.252 e. The van der Waals surface area contributed by atoms with Gasteiger partial charge >= 0.3 is 0 Å². The second-order valence-electron chi connectivity index (χ2n) is 6.99. The van der Waals surface area contributed by atoms with Crippen LogP contribution in [0, 0.1) is 0 Å². The number of carbonyl (C=O) groups is 1. The quantitative estimate of drug-likeness (QED) is 0.779. The largest absolute Gasteiger partial charge is 0.486 e. The molecule has 0 radical (unpaired) electrons. The Bertz CT molecular complexity index is 1030. The van der Waals surface area contributed by atoms with Crippen molar-refractivity contribution in [3.8, 4) is 11.5 Å². The molecule has 1 aromatic heterocycles. The molecule has 0 unspecified atom stereocenters. The third-order valence-electron chi connectivity index (χ3n) is 5.20. The van der Waals surface area contributed by atoms with Crippen molar-refractivity contribution in [2.45, 2.75) is 25.4 Å². The van der Waals surface area contributed by atoms with Gasteiger partial charge in [0.15, 0.2) is 11.5 Å². The van der Waals surface area contributed by atoms with Crippen LogP contribution in [0.3, 0.4) is 0 Å². The fourth-order valence-corrected chi connectivity index (χ4v) is 3.93.